The van der Waals surface area contributed by atoms with E-state index in [1.165, 1.54) is 35.2 Å². The van der Waals surface area contributed by atoms with E-state index in [-0.39, 0.29) is 17.5 Å². The summed E-state index contributed by atoms with van der Waals surface area (Å²) < 4.78 is 13.0. The molecule has 0 bridgehead atoms. The number of thiazole rings is 1. The van der Waals surface area contributed by atoms with Crippen LogP contribution >= 0.6 is 23.1 Å². The fraction of sp³-hybridized carbons (Fsp3) is 0.0952. The first-order chi connectivity index (χ1) is 13.6. The smallest absolute Gasteiger partial charge is 0.234 e. The molecule has 28 heavy (non-hydrogen) atoms. The summed E-state index contributed by atoms with van der Waals surface area (Å²) in [6.07, 6.45) is 1.75. The van der Waals surface area contributed by atoms with E-state index in [1.54, 1.807) is 18.3 Å². The van der Waals surface area contributed by atoms with E-state index in [9.17, 15) is 9.18 Å². The van der Waals surface area contributed by atoms with Crippen LogP contribution in [0.1, 0.15) is 5.56 Å². The lowest BCUT2D eigenvalue weighted by Gasteiger charge is -2.10. The predicted molar refractivity (Wildman–Crippen MR) is 113 cm³/mol. The van der Waals surface area contributed by atoms with Gasteiger partial charge in [-0.25, -0.2) is 14.4 Å². The second-order valence-electron chi connectivity index (χ2n) is 6.17. The van der Waals surface area contributed by atoms with Crippen molar-refractivity contribution in [3.05, 3.63) is 72.2 Å². The molecule has 0 atom stereocenters. The number of hydrogen-bond donors (Lipinski definition) is 1. The van der Waals surface area contributed by atoms with E-state index in [0.717, 1.165) is 37.1 Å². The minimum Gasteiger partial charge on any atom is -0.325 e. The molecule has 4 nitrogen and oxygen atoms in total. The van der Waals surface area contributed by atoms with Crippen LogP contribution in [0.15, 0.2) is 65.7 Å². The topological polar surface area (TPSA) is 54.9 Å². The minimum absolute atomic E-state index is 0.111. The zero-order valence-corrected chi connectivity index (χ0v) is 16.6. The molecule has 0 spiro atoms. The number of pyridine rings is 1. The Balaban J connectivity index is 1.49. The summed E-state index contributed by atoms with van der Waals surface area (Å²) >= 11 is 2.89. The summed E-state index contributed by atoms with van der Waals surface area (Å²) in [5, 5.41) is 3.83. The minimum atomic E-state index is -0.286. The first-order valence-electron chi connectivity index (χ1n) is 8.59. The van der Waals surface area contributed by atoms with Gasteiger partial charge in [0.25, 0.3) is 0 Å². The highest BCUT2D eigenvalue weighted by molar-refractivity contribution is 8.00. The van der Waals surface area contributed by atoms with Gasteiger partial charge in [0.2, 0.25) is 5.91 Å². The molecule has 140 valence electrons. The van der Waals surface area contributed by atoms with Crippen LogP contribution in [0.25, 0.3) is 20.9 Å². The molecular formula is C21H16FN3OS2. The molecule has 0 unspecified atom stereocenters. The lowest BCUT2D eigenvalue weighted by atomic mass is 10.1. The van der Waals surface area contributed by atoms with Crippen LogP contribution in [0.2, 0.25) is 0 Å². The standard InChI is InChI=1S/C21H16FN3OS2/c1-13-4-5-14(20-25-17-3-2-10-23-21(17)28-20)11-18(13)24-19(26)12-27-16-8-6-15(22)7-9-16/h2-11H,12H2,1H3,(H,24,26). The molecule has 2 aromatic heterocycles. The number of rotatable bonds is 5. The Kier molecular flexibility index (Phi) is 5.36. The number of aromatic nitrogens is 2. The molecule has 1 N–H and O–H groups in total. The first kappa shape index (κ1) is 18.6. The fourth-order valence-electron chi connectivity index (χ4n) is 2.65. The van der Waals surface area contributed by atoms with Gasteiger partial charge in [-0.15, -0.1) is 11.8 Å². The molecule has 4 rings (SSSR count). The third kappa shape index (κ3) is 4.21. The van der Waals surface area contributed by atoms with Gasteiger partial charge in [0.05, 0.1) is 5.75 Å². The van der Waals surface area contributed by atoms with E-state index >= 15 is 0 Å². The molecule has 0 aliphatic heterocycles. The van der Waals surface area contributed by atoms with Crippen LogP contribution in [0.3, 0.4) is 0 Å². The molecule has 0 saturated carbocycles. The number of thioether (sulfide) groups is 1. The van der Waals surface area contributed by atoms with Crippen molar-refractivity contribution in [1.29, 1.82) is 0 Å². The normalized spacial score (nSPS) is 10.9. The number of carbonyl (C=O) groups is 1. The first-order valence-corrected chi connectivity index (χ1v) is 10.4. The Morgan fingerprint density at radius 1 is 1.18 bits per heavy atom. The van der Waals surface area contributed by atoms with Crippen LogP contribution in [0.5, 0.6) is 0 Å². The molecule has 2 aromatic carbocycles. The van der Waals surface area contributed by atoms with E-state index < -0.39 is 0 Å². The third-order valence-corrected chi connectivity index (χ3v) is 6.15. The van der Waals surface area contributed by atoms with Gasteiger partial charge < -0.3 is 5.32 Å². The molecule has 0 saturated heterocycles. The molecule has 4 aromatic rings. The van der Waals surface area contributed by atoms with Crippen molar-refractivity contribution in [2.75, 3.05) is 11.1 Å². The maximum Gasteiger partial charge on any atom is 0.234 e. The Bertz CT molecular complexity index is 1110. The average Bonchev–Trinajstić information content (AvgIpc) is 3.13. The second-order valence-corrected chi connectivity index (χ2v) is 8.19. The van der Waals surface area contributed by atoms with Crippen molar-refractivity contribution in [2.45, 2.75) is 11.8 Å². The number of benzene rings is 2. The van der Waals surface area contributed by atoms with Gasteiger partial charge in [-0.1, -0.05) is 23.5 Å². The van der Waals surface area contributed by atoms with Crippen LogP contribution in [-0.2, 0) is 4.79 Å². The summed E-state index contributed by atoms with van der Waals surface area (Å²) in [5.41, 5.74) is 3.54. The number of hydrogen-bond acceptors (Lipinski definition) is 5. The molecule has 0 aliphatic rings. The highest BCUT2D eigenvalue weighted by Gasteiger charge is 2.11. The largest absolute Gasteiger partial charge is 0.325 e. The summed E-state index contributed by atoms with van der Waals surface area (Å²) in [6.45, 7) is 1.95. The number of carbonyl (C=O) groups excluding carboxylic acids is 1. The second kappa shape index (κ2) is 8.08. The zero-order valence-electron chi connectivity index (χ0n) is 15.0. The van der Waals surface area contributed by atoms with Crippen molar-refractivity contribution < 1.29 is 9.18 Å². The van der Waals surface area contributed by atoms with E-state index in [1.807, 2.05) is 37.3 Å². The lowest BCUT2D eigenvalue weighted by Crippen LogP contribution is -2.14. The zero-order chi connectivity index (χ0) is 19.5. The van der Waals surface area contributed by atoms with Gasteiger partial charge >= 0.3 is 0 Å². The molecule has 2 heterocycles. The summed E-state index contributed by atoms with van der Waals surface area (Å²) in [7, 11) is 0. The molecule has 7 heteroatoms. The highest BCUT2D eigenvalue weighted by Crippen LogP contribution is 2.31. The maximum atomic E-state index is 13.0. The van der Waals surface area contributed by atoms with Gasteiger partial charge in [-0.2, -0.15) is 0 Å². The Morgan fingerprint density at radius 2 is 2.00 bits per heavy atom. The molecule has 0 radical (unpaired) electrons. The molecule has 0 aliphatic carbocycles. The van der Waals surface area contributed by atoms with E-state index in [2.05, 4.69) is 15.3 Å². The molecule has 0 fully saturated rings. The fourth-order valence-corrected chi connectivity index (χ4v) is 4.25. The number of anilines is 1. The number of nitrogens with zero attached hydrogens (tertiary/aromatic N) is 2. The molecule has 1 amide bonds. The lowest BCUT2D eigenvalue weighted by molar-refractivity contribution is -0.113. The van der Waals surface area contributed by atoms with Gasteiger partial charge in [-0.05, 0) is 55.0 Å². The van der Waals surface area contributed by atoms with Crippen molar-refractivity contribution in [3.63, 3.8) is 0 Å². The van der Waals surface area contributed by atoms with Gasteiger partial charge in [0, 0.05) is 22.3 Å². The van der Waals surface area contributed by atoms with Gasteiger partial charge in [-0.3, -0.25) is 4.79 Å². The van der Waals surface area contributed by atoms with Gasteiger partial charge in [0.1, 0.15) is 21.2 Å². The highest BCUT2D eigenvalue weighted by atomic mass is 32.2. The Labute approximate surface area is 169 Å². The van der Waals surface area contributed by atoms with Crippen LogP contribution < -0.4 is 5.32 Å². The van der Waals surface area contributed by atoms with Crippen molar-refractivity contribution in [2.24, 2.45) is 0 Å². The van der Waals surface area contributed by atoms with E-state index in [4.69, 9.17) is 0 Å². The average molecular weight is 410 g/mol. The number of aryl methyl sites for hydroxylation is 1. The number of amides is 1. The van der Waals surface area contributed by atoms with Crippen molar-refractivity contribution >= 4 is 45.0 Å². The number of fused-ring (bicyclic) bond motifs is 1. The van der Waals surface area contributed by atoms with Crippen LogP contribution in [0, 0.1) is 12.7 Å². The quantitative estimate of drug-likeness (QED) is 0.440. The number of halogens is 1. The SMILES string of the molecule is Cc1ccc(-c2nc3cccnc3s2)cc1NC(=O)CSc1ccc(F)cc1. The van der Waals surface area contributed by atoms with Crippen molar-refractivity contribution in [3.8, 4) is 10.6 Å². The third-order valence-electron chi connectivity index (χ3n) is 4.11. The Hall–Kier alpha value is -2.77. The summed E-state index contributed by atoms with van der Waals surface area (Å²) in [4.78, 5) is 23.1. The Morgan fingerprint density at radius 3 is 2.79 bits per heavy atom. The monoisotopic (exact) mass is 409 g/mol. The predicted octanol–water partition coefficient (Wildman–Crippen LogP) is 5.54. The van der Waals surface area contributed by atoms with Crippen LogP contribution in [0.4, 0.5) is 10.1 Å². The number of nitrogens with one attached hydrogen (secondary N) is 1. The summed E-state index contributed by atoms with van der Waals surface area (Å²) in [5.74, 6) is -0.146. The van der Waals surface area contributed by atoms with Crippen molar-refractivity contribution in [1.82, 2.24) is 9.97 Å². The van der Waals surface area contributed by atoms with Gasteiger partial charge in [0.15, 0.2) is 0 Å². The van der Waals surface area contributed by atoms with E-state index in [0.29, 0.717) is 0 Å². The van der Waals surface area contributed by atoms with Crippen LogP contribution in [-0.4, -0.2) is 21.6 Å². The summed E-state index contributed by atoms with van der Waals surface area (Å²) in [6, 6.07) is 15.8. The molecular weight excluding hydrogens is 393 g/mol. The maximum absolute atomic E-state index is 13.0.